The molecule has 104 valence electrons. The van der Waals surface area contributed by atoms with Crippen molar-refractivity contribution < 1.29 is 4.52 Å². The lowest BCUT2D eigenvalue weighted by Gasteiger charge is -2.23. The van der Waals surface area contributed by atoms with Crippen LogP contribution in [-0.4, -0.2) is 21.7 Å². The molecule has 0 radical (unpaired) electrons. The second kappa shape index (κ2) is 5.10. The summed E-state index contributed by atoms with van der Waals surface area (Å²) < 4.78 is 5.47. The molecule has 0 fully saturated rings. The zero-order valence-corrected chi connectivity index (χ0v) is 11.4. The van der Waals surface area contributed by atoms with Crippen LogP contribution >= 0.6 is 0 Å². The standard InChI is InChI=1S/C16H14N4O/c1-2-6-12-11(5-1)9-17-10-13(12)16-19-15(20-21-16)14-7-3-4-8-18-14/h1-8,13,17H,9-10H2. The maximum atomic E-state index is 5.47. The summed E-state index contributed by atoms with van der Waals surface area (Å²) in [5, 5.41) is 7.45. The molecule has 1 N–H and O–H groups in total. The minimum Gasteiger partial charge on any atom is -0.338 e. The smallest absolute Gasteiger partial charge is 0.235 e. The van der Waals surface area contributed by atoms with Gasteiger partial charge in [0.1, 0.15) is 5.69 Å². The van der Waals surface area contributed by atoms with E-state index in [1.54, 1.807) is 6.20 Å². The summed E-state index contributed by atoms with van der Waals surface area (Å²) in [4.78, 5) is 8.77. The fourth-order valence-corrected chi connectivity index (χ4v) is 2.69. The highest BCUT2D eigenvalue weighted by molar-refractivity contribution is 5.47. The molecule has 1 aromatic carbocycles. The van der Waals surface area contributed by atoms with Gasteiger partial charge in [-0.05, 0) is 23.3 Å². The molecule has 0 spiro atoms. The van der Waals surface area contributed by atoms with Gasteiger partial charge in [0.05, 0.1) is 5.92 Å². The van der Waals surface area contributed by atoms with Crippen LogP contribution in [0, 0.1) is 0 Å². The number of benzene rings is 1. The maximum absolute atomic E-state index is 5.47. The zero-order chi connectivity index (χ0) is 14.1. The van der Waals surface area contributed by atoms with E-state index < -0.39 is 0 Å². The first-order valence-corrected chi connectivity index (χ1v) is 6.95. The van der Waals surface area contributed by atoms with Crippen LogP contribution in [0.3, 0.4) is 0 Å². The Morgan fingerprint density at radius 1 is 1.10 bits per heavy atom. The number of rotatable bonds is 2. The van der Waals surface area contributed by atoms with Crippen molar-refractivity contribution in [2.24, 2.45) is 0 Å². The van der Waals surface area contributed by atoms with Gasteiger partial charge in [0.15, 0.2) is 0 Å². The Kier molecular flexibility index (Phi) is 2.97. The molecule has 5 heteroatoms. The molecule has 5 nitrogen and oxygen atoms in total. The van der Waals surface area contributed by atoms with Crippen LogP contribution in [-0.2, 0) is 6.54 Å². The number of pyridine rings is 1. The first-order valence-electron chi connectivity index (χ1n) is 6.95. The fourth-order valence-electron chi connectivity index (χ4n) is 2.69. The van der Waals surface area contributed by atoms with Crippen LogP contribution in [0.1, 0.15) is 22.9 Å². The first kappa shape index (κ1) is 12.2. The number of nitrogens with zero attached hydrogens (tertiary/aromatic N) is 3. The van der Waals surface area contributed by atoms with Gasteiger partial charge in [-0.2, -0.15) is 4.98 Å². The quantitative estimate of drug-likeness (QED) is 0.779. The van der Waals surface area contributed by atoms with Gasteiger partial charge in [-0.15, -0.1) is 0 Å². The second-order valence-corrected chi connectivity index (χ2v) is 5.05. The van der Waals surface area contributed by atoms with Gasteiger partial charge in [-0.3, -0.25) is 4.98 Å². The van der Waals surface area contributed by atoms with Gasteiger partial charge in [-0.25, -0.2) is 0 Å². The molecule has 3 aromatic rings. The summed E-state index contributed by atoms with van der Waals surface area (Å²) in [6, 6.07) is 14.0. The number of nitrogens with one attached hydrogen (secondary N) is 1. The molecular weight excluding hydrogens is 264 g/mol. The lowest BCUT2D eigenvalue weighted by Crippen LogP contribution is -2.28. The highest BCUT2D eigenvalue weighted by atomic mass is 16.5. The van der Waals surface area contributed by atoms with Gasteiger partial charge in [0.25, 0.3) is 0 Å². The van der Waals surface area contributed by atoms with Crippen LogP contribution < -0.4 is 5.32 Å². The Hall–Kier alpha value is -2.53. The molecule has 0 amide bonds. The lowest BCUT2D eigenvalue weighted by molar-refractivity contribution is 0.356. The summed E-state index contributed by atoms with van der Waals surface area (Å²) >= 11 is 0. The van der Waals surface area contributed by atoms with Crippen LogP contribution in [0.2, 0.25) is 0 Å². The number of hydrogen-bond donors (Lipinski definition) is 1. The SMILES string of the molecule is c1ccc(-c2noc(C3CNCc4ccccc43)n2)nc1. The van der Waals surface area contributed by atoms with Crippen molar-refractivity contribution >= 4 is 0 Å². The molecular formula is C16H14N4O. The van der Waals surface area contributed by atoms with E-state index in [4.69, 9.17) is 4.52 Å². The fraction of sp³-hybridized carbons (Fsp3) is 0.188. The molecule has 3 heterocycles. The van der Waals surface area contributed by atoms with Gasteiger partial charge >= 0.3 is 0 Å². The Labute approximate surface area is 122 Å². The van der Waals surface area contributed by atoms with Crippen molar-refractivity contribution in [1.82, 2.24) is 20.4 Å². The third-order valence-corrected chi connectivity index (χ3v) is 3.73. The summed E-state index contributed by atoms with van der Waals surface area (Å²) in [5.74, 6) is 1.27. The highest BCUT2D eigenvalue weighted by Gasteiger charge is 2.26. The number of hydrogen-bond acceptors (Lipinski definition) is 5. The molecule has 2 aromatic heterocycles. The average molecular weight is 278 g/mol. The van der Waals surface area contributed by atoms with Gasteiger partial charge in [0.2, 0.25) is 11.7 Å². The number of fused-ring (bicyclic) bond motifs is 1. The highest BCUT2D eigenvalue weighted by Crippen LogP contribution is 2.29. The average Bonchev–Trinajstić information content (AvgIpc) is 3.05. The minimum atomic E-state index is 0.0971. The first-order chi connectivity index (χ1) is 10.4. The molecule has 0 saturated carbocycles. The van der Waals surface area contributed by atoms with Gasteiger partial charge in [-0.1, -0.05) is 35.5 Å². The summed E-state index contributed by atoms with van der Waals surface area (Å²) in [7, 11) is 0. The van der Waals surface area contributed by atoms with E-state index in [0.717, 1.165) is 18.8 Å². The molecule has 0 saturated heterocycles. The predicted molar refractivity (Wildman–Crippen MR) is 77.5 cm³/mol. The second-order valence-electron chi connectivity index (χ2n) is 5.05. The zero-order valence-electron chi connectivity index (χ0n) is 11.4. The summed E-state index contributed by atoms with van der Waals surface area (Å²) in [5.41, 5.74) is 3.27. The van der Waals surface area contributed by atoms with Crippen LogP contribution in [0.5, 0.6) is 0 Å². The van der Waals surface area contributed by atoms with Crippen molar-refractivity contribution in [3.8, 4) is 11.5 Å². The molecule has 21 heavy (non-hydrogen) atoms. The predicted octanol–water partition coefficient (Wildman–Crippen LogP) is 2.37. The van der Waals surface area contributed by atoms with Gasteiger partial charge in [0, 0.05) is 19.3 Å². The maximum Gasteiger partial charge on any atom is 0.235 e. The molecule has 0 aliphatic carbocycles. The summed E-state index contributed by atoms with van der Waals surface area (Å²) in [6.07, 6.45) is 1.73. The van der Waals surface area contributed by atoms with Crippen molar-refractivity contribution in [2.75, 3.05) is 6.54 Å². The summed E-state index contributed by atoms with van der Waals surface area (Å²) in [6.45, 7) is 1.69. The molecule has 0 bridgehead atoms. The van der Waals surface area contributed by atoms with Crippen LogP contribution in [0.15, 0.2) is 53.2 Å². The Morgan fingerprint density at radius 3 is 2.90 bits per heavy atom. The molecule has 1 aliphatic rings. The van der Waals surface area contributed by atoms with E-state index in [1.165, 1.54) is 11.1 Å². The minimum absolute atomic E-state index is 0.0971. The Balaban J connectivity index is 1.71. The van der Waals surface area contributed by atoms with Crippen molar-refractivity contribution in [3.05, 3.63) is 65.7 Å². The Morgan fingerprint density at radius 2 is 2.00 bits per heavy atom. The lowest BCUT2D eigenvalue weighted by atomic mass is 9.91. The van der Waals surface area contributed by atoms with E-state index in [2.05, 4.69) is 38.6 Å². The monoisotopic (exact) mass is 278 g/mol. The molecule has 1 aliphatic heterocycles. The van der Waals surface area contributed by atoms with Crippen molar-refractivity contribution in [2.45, 2.75) is 12.5 Å². The molecule has 1 atom stereocenters. The van der Waals surface area contributed by atoms with Crippen molar-refractivity contribution in [1.29, 1.82) is 0 Å². The van der Waals surface area contributed by atoms with E-state index in [0.29, 0.717) is 11.7 Å². The van der Waals surface area contributed by atoms with E-state index in [-0.39, 0.29) is 5.92 Å². The Bertz CT molecular complexity index is 754. The normalized spacial score (nSPS) is 17.4. The third-order valence-electron chi connectivity index (χ3n) is 3.73. The number of aromatic nitrogens is 3. The van der Waals surface area contributed by atoms with Crippen molar-refractivity contribution in [3.63, 3.8) is 0 Å². The largest absolute Gasteiger partial charge is 0.338 e. The molecule has 1 unspecified atom stereocenters. The van der Waals surface area contributed by atoms with E-state index >= 15 is 0 Å². The van der Waals surface area contributed by atoms with Crippen LogP contribution in [0.4, 0.5) is 0 Å². The van der Waals surface area contributed by atoms with E-state index in [1.807, 2.05) is 24.3 Å². The van der Waals surface area contributed by atoms with Crippen LogP contribution in [0.25, 0.3) is 11.5 Å². The van der Waals surface area contributed by atoms with E-state index in [9.17, 15) is 0 Å². The van der Waals surface area contributed by atoms with Gasteiger partial charge < -0.3 is 9.84 Å². The topological polar surface area (TPSA) is 63.8 Å². The molecule has 4 rings (SSSR count). The third kappa shape index (κ3) is 2.21.